The van der Waals surface area contributed by atoms with Crippen molar-refractivity contribution in [1.82, 2.24) is 14.5 Å². The van der Waals surface area contributed by atoms with Crippen LogP contribution in [0.25, 0.3) is 27.9 Å². The Balaban J connectivity index is 2.04. The molecule has 4 aromatic rings. The Kier molecular flexibility index (Phi) is 2.76. The molecule has 2 aromatic heterocycles. The van der Waals surface area contributed by atoms with Crippen LogP contribution in [0.15, 0.2) is 48.7 Å². The monoisotopic (exact) mass is 287 g/mol. The maximum atomic E-state index is 4.86. The van der Waals surface area contributed by atoms with Gasteiger partial charge in [-0.3, -0.25) is 4.57 Å². The molecule has 0 unspecified atom stereocenters. The molecule has 108 valence electrons. The molecule has 0 saturated heterocycles. The average molecular weight is 287 g/mol. The van der Waals surface area contributed by atoms with E-state index in [0.29, 0.717) is 0 Å². The second kappa shape index (κ2) is 4.67. The van der Waals surface area contributed by atoms with Crippen LogP contribution < -0.4 is 0 Å². The van der Waals surface area contributed by atoms with Crippen molar-refractivity contribution in [2.24, 2.45) is 0 Å². The van der Waals surface area contributed by atoms with Gasteiger partial charge in [0.1, 0.15) is 5.52 Å². The van der Waals surface area contributed by atoms with Gasteiger partial charge in [0.05, 0.1) is 11.0 Å². The SMILES string of the molecule is Cc1ccc(-n2cc(C)c3nc4ccc(C)cc4nc32)cc1. The van der Waals surface area contributed by atoms with Gasteiger partial charge in [-0.15, -0.1) is 0 Å². The minimum Gasteiger partial charge on any atom is -0.300 e. The third kappa shape index (κ3) is 1.98. The molecule has 4 rings (SSSR count). The molecule has 0 fully saturated rings. The minimum absolute atomic E-state index is 0.916. The van der Waals surface area contributed by atoms with Gasteiger partial charge in [0.25, 0.3) is 0 Å². The zero-order valence-electron chi connectivity index (χ0n) is 13.0. The van der Waals surface area contributed by atoms with Crippen LogP contribution in [-0.4, -0.2) is 14.5 Å². The first kappa shape index (κ1) is 13.0. The van der Waals surface area contributed by atoms with Gasteiger partial charge < -0.3 is 0 Å². The minimum atomic E-state index is 0.916. The molecule has 22 heavy (non-hydrogen) atoms. The number of nitrogens with zero attached hydrogens (tertiary/aromatic N) is 3. The van der Waals surface area contributed by atoms with Crippen molar-refractivity contribution in [2.75, 3.05) is 0 Å². The third-order valence-electron chi connectivity index (χ3n) is 4.04. The lowest BCUT2D eigenvalue weighted by Gasteiger charge is -2.06. The summed E-state index contributed by atoms with van der Waals surface area (Å²) in [4.78, 5) is 9.66. The molecule has 0 aliphatic carbocycles. The molecule has 0 radical (unpaired) electrons. The number of hydrogen-bond donors (Lipinski definition) is 0. The summed E-state index contributed by atoms with van der Waals surface area (Å²) in [6.07, 6.45) is 2.11. The van der Waals surface area contributed by atoms with Crippen LogP contribution in [0.1, 0.15) is 16.7 Å². The van der Waals surface area contributed by atoms with E-state index in [2.05, 4.69) is 67.9 Å². The quantitative estimate of drug-likeness (QED) is 0.516. The van der Waals surface area contributed by atoms with Crippen LogP contribution in [0.5, 0.6) is 0 Å². The molecule has 0 atom stereocenters. The number of aromatic nitrogens is 3. The Morgan fingerprint density at radius 2 is 1.50 bits per heavy atom. The van der Waals surface area contributed by atoms with Crippen LogP contribution in [0.2, 0.25) is 0 Å². The normalized spacial score (nSPS) is 11.4. The fraction of sp³-hybridized carbons (Fsp3) is 0.158. The van der Waals surface area contributed by atoms with Crippen LogP contribution in [-0.2, 0) is 0 Å². The molecule has 2 aromatic carbocycles. The van der Waals surface area contributed by atoms with Crippen molar-refractivity contribution < 1.29 is 0 Å². The first-order chi connectivity index (χ1) is 10.6. The lowest BCUT2D eigenvalue weighted by molar-refractivity contribution is 1.09. The number of fused-ring (bicyclic) bond motifs is 2. The molecule has 0 aliphatic rings. The molecule has 0 amide bonds. The first-order valence-electron chi connectivity index (χ1n) is 7.45. The third-order valence-corrected chi connectivity index (χ3v) is 4.04. The number of rotatable bonds is 1. The summed E-state index contributed by atoms with van der Waals surface area (Å²) in [5.74, 6) is 0. The van der Waals surface area contributed by atoms with E-state index in [1.165, 1.54) is 11.1 Å². The van der Waals surface area contributed by atoms with Crippen LogP contribution in [0, 0.1) is 20.8 Å². The Morgan fingerprint density at radius 1 is 0.773 bits per heavy atom. The molecule has 0 N–H and O–H groups in total. The largest absolute Gasteiger partial charge is 0.300 e. The summed E-state index contributed by atoms with van der Waals surface area (Å²) in [6.45, 7) is 6.26. The van der Waals surface area contributed by atoms with E-state index < -0.39 is 0 Å². The van der Waals surface area contributed by atoms with Gasteiger partial charge in [0.2, 0.25) is 0 Å². The molecule has 3 nitrogen and oxygen atoms in total. The molecule has 0 spiro atoms. The van der Waals surface area contributed by atoms with Gasteiger partial charge in [-0.1, -0.05) is 23.8 Å². The van der Waals surface area contributed by atoms with E-state index in [4.69, 9.17) is 9.97 Å². The van der Waals surface area contributed by atoms with Crippen molar-refractivity contribution in [3.05, 3.63) is 65.4 Å². The molecule has 0 saturated carbocycles. The van der Waals surface area contributed by atoms with Gasteiger partial charge in [0.15, 0.2) is 5.65 Å². The fourth-order valence-corrected chi connectivity index (χ4v) is 2.81. The second-order valence-electron chi connectivity index (χ2n) is 5.91. The van der Waals surface area contributed by atoms with Crippen molar-refractivity contribution >= 4 is 22.2 Å². The highest BCUT2D eigenvalue weighted by molar-refractivity contribution is 5.88. The summed E-state index contributed by atoms with van der Waals surface area (Å²) in [7, 11) is 0. The zero-order chi connectivity index (χ0) is 15.3. The van der Waals surface area contributed by atoms with Gasteiger partial charge in [0, 0.05) is 11.9 Å². The maximum Gasteiger partial charge on any atom is 0.164 e. The Labute approximate surface area is 129 Å². The van der Waals surface area contributed by atoms with Crippen molar-refractivity contribution in [2.45, 2.75) is 20.8 Å². The standard InChI is InChI=1S/C19H17N3/c1-12-4-7-15(8-5-12)22-11-14(3)18-19(22)21-17-10-13(2)6-9-16(17)20-18/h4-11H,1-3H3. The van der Waals surface area contributed by atoms with Crippen LogP contribution in [0.4, 0.5) is 0 Å². The van der Waals surface area contributed by atoms with E-state index in [0.717, 1.165) is 33.4 Å². The smallest absolute Gasteiger partial charge is 0.164 e. The molecule has 0 bridgehead atoms. The maximum absolute atomic E-state index is 4.86. The van der Waals surface area contributed by atoms with Crippen LogP contribution >= 0.6 is 0 Å². The number of benzene rings is 2. The molecular formula is C19H17N3. The van der Waals surface area contributed by atoms with Crippen molar-refractivity contribution in [1.29, 1.82) is 0 Å². The Hall–Kier alpha value is -2.68. The van der Waals surface area contributed by atoms with Gasteiger partial charge >= 0.3 is 0 Å². The first-order valence-corrected chi connectivity index (χ1v) is 7.45. The number of aryl methyl sites for hydroxylation is 3. The lowest BCUT2D eigenvalue weighted by atomic mass is 10.2. The summed E-state index contributed by atoms with van der Waals surface area (Å²) >= 11 is 0. The van der Waals surface area contributed by atoms with Gasteiger partial charge in [-0.2, -0.15) is 0 Å². The van der Waals surface area contributed by atoms with E-state index in [1.807, 2.05) is 6.07 Å². The predicted octanol–water partition coefficient (Wildman–Crippen LogP) is 4.50. The van der Waals surface area contributed by atoms with Gasteiger partial charge in [-0.25, -0.2) is 9.97 Å². The van der Waals surface area contributed by atoms with E-state index in [9.17, 15) is 0 Å². The lowest BCUT2D eigenvalue weighted by Crippen LogP contribution is -1.95. The Morgan fingerprint density at radius 3 is 2.27 bits per heavy atom. The highest BCUT2D eigenvalue weighted by Gasteiger charge is 2.11. The van der Waals surface area contributed by atoms with E-state index >= 15 is 0 Å². The summed E-state index contributed by atoms with van der Waals surface area (Å²) in [6, 6.07) is 14.7. The second-order valence-corrected chi connectivity index (χ2v) is 5.91. The fourth-order valence-electron chi connectivity index (χ4n) is 2.81. The highest BCUT2D eigenvalue weighted by atomic mass is 15.1. The molecule has 3 heteroatoms. The topological polar surface area (TPSA) is 30.7 Å². The summed E-state index contributed by atoms with van der Waals surface area (Å²) in [5, 5.41) is 0. The Bertz CT molecular complexity index is 995. The highest BCUT2D eigenvalue weighted by Crippen LogP contribution is 2.24. The van der Waals surface area contributed by atoms with Crippen molar-refractivity contribution in [3.8, 4) is 5.69 Å². The molecule has 2 heterocycles. The van der Waals surface area contributed by atoms with Crippen LogP contribution in [0.3, 0.4) is 0 Å². The van der Waals surface area contributed by atoms with Crippen molar-refractivity contribution in [3.63, 3.8) is 0 Å². The average Bonchev–Trinajstić information content (AvgIpc) is 2.82. The van der Waals surface area contributed by atoms with E-state index in [1.54, 1.807) is 0 Å². The molecular weight excluding hydrogens is 270 g/mol. The summed E-state index contributed by atoms with van der Waals surface area (Å²) < 4.78 is 2.12. The summed E-state index contributed by atoms with van der Waals surface area (Å²) in [5.41, 5.74) is 8.49. The predicted molar refractivity (Wildman–Crippen MR) is 90.6 cm³/mol. The van der Waals surface area contributed by atoms with Gasteiger partial charge in [-0.05, 0) is 56.2 Å². The zero-order valence-corrected chi connectivity index (χ0v) is 13.0. The number of hydrogen-bond acceptors (Lipinski definition) is 2. The molecule has 0 aliphatic heterocycles. The van der Waals surface area contributed by atoms with E-state index in [-0.39, 0.29) is 0 Å².